The van der Waals surface area contributed by atoms with Crippen LogP contribution in [0.1, 0.15) is 30.4 Å². The summed E-state index contributed by atoms with van der Waals surface area (Å²) in [5, 5.41) is 19.0. The Morgan fingerprint density at radius 2 is 2.10 bits per heavy atom. The second kappa shape index (κ2) is 8.51. The van der Waals surface area contributed by atoms with E-state index in [1.807, 2.05) is 12.1 Å². The summed E-state index contributed by atoms with van der Waals surface area (Å²) >= 11 is 7.65. The zero-order valence-corrected chi connectivity index (χ0v) is 18.6. The minimum atomic E-state index is -4.14. The number of nitrogens with two attached hydrogens (primary N) is 1. The molecular formula is C20H18ClN5O3S2. The van der Waals surface area contributed by atoms with Crippen LogP contribution in [0.4, 0.5) is 0 Å². The van der Waals surface area contributed by atoms with Gasteiger partial charge in [0.15, 0.2) is 5.75 Å². The van der Waals surface area contributed by atoms with E-state index in [1.165, 1.54) is 24.2 Å². The molecule has 1 saturated carbocycles. The first kappa shape index (κ1) is 21.6. The summed E-state index contributed by atoms with van der Waals surface area (Å²) < 4.78 is 28.5. The molecule has 2 N–H and O–H groups in total. The topological polar surface area (TPSA) is 124 Å². The summed E-state index contributed by atoms with van der Waals surface area (Å²) in [5.74, 6) is 0.591. The first-order valence-electron chi connectivity index (χ1n) is 9.33. The molecule has 8 nitrogen and oxygen atoms in total. The molecule has 0 bridgehead atoms. The lowest BCUT2D eigenvalue weighted by Gasteiger charge is -2.36. The Labute approximate surface area is 189 Å². The van der Waals surface area contributed by atoms with Gasteiger partial charge in [0.1, 0.15) is 12.7 Å². The zero-order chi connectivity index (χ0) is 22.1. The van der Waals surface area contributed by atoms with Crippen LogP contribution in [-0.2, 0) is 21.5 Å². The Balaban J connectivity index is 1.59. The normalized spacial score (nSPS) is 15.1. The number of nitriles is 1. The molecule has 2 aromatic carbocycles. The lowest BCUT2D eigenvalue weighted by molar-refractivity contribution is 0.324. The fourth-order valence-electron chi connectivity index (χ4n) is 3.43. The maximum Gasteiger partial charge on any atom is 0.380 e. The molecule has 1 aromatic heterocycles. The first-order valence-corrected chi connectivity index (χ1v) is 12.2. The molecule has 1 aliphatic rings. The van der Waals surface area contributed by atoms with E-state index in [0.717, 1.165) is 41.0 Å². The van der Waals surface area contributed by atoms with Crippen molar-refractivity contribution < 1.29 is 12.6 Å². The van der Waals surface area contributed by atoms with Crippen molar-refractivity contribution in [2.45, 2.75) is 35.3 Å². The van der Waals surface area contributed by atoms with Crippen molar-refractivity contribution in [1.29, 1.82) is 5.26 Å². The van der Waals surface area contributed by atoms with Gasteiger partial charge in [0.25, 0.3) is 0 Å². The van der Waals surface area contributed by atoms with Crippen LogP contribution in [0.3, 0.4) is 0 Å². The second-order valence-electron chi connectivity index (χ2n) is 7.23. The molecule has 4 rings (SSSR count). The van der Waals surface area contributed by atoms with Crippen LogP contribution >= 0.6 is 23.4 Å². The maximum absolute atomic E-state index is 11.1. The molecule has 0 unspecified atom stereocenters. The summed E-state index contributed by atoms with van der Waals surface area (Å²) in [7, 11) is -4.14. The molecular weight excluding hydrogens is 458 g/mol. The highest BCUT2D eigenvalue weighted by molar-refractivity contribution is 7.98. The van der Waals surface area contributed by atoms with E-state index < -0.39 is 15.7 Å². The Morgan fingerprint density at radius 1 is 1.29 bits per heavy atom. The largest absolute Gasteiger partial charge is 0.380 e. The Bertz CT molecular complexity index is 1250. The minimum absolute atomic E-state index is 0.0232. The minimum Gasteiger partial charge on any atom is -0.369 e. The van der Waals surface area contributed by atoms with E-state index in [0.29, 0.717) is 5.75 Å². The lowest BCUT2D eigenvalue weighted by Crippen LogP contribution is -2.32. The Morgan fingerprint density at radius 3 is 2.68 bits per heavy atom. The van der Waals surface area contributed by atoms with Crippen LogP contribution < -0.4 is 9.32 Å². The third kappa shape index (κ3) is 4.85. The van der Waals surface area contributed by atoms with Gasteiger partial charge >= 0.3 is 10.3 Å². The van der Waals surface area contributed by atoms with Crippen molar-refractivity contribution in [1.82, 2.24) is 14.8 Å². The lowest BCUT2D eigenvalue weighted by atomic mass is 9.65. The summed E-state index contributed by atoms with van der Waals surface area (Å²) in [6, 6.07) is 13.4. The first-order chi connectivity index (χ1) is 14.8. The smallest absolute Gasteiger partial charge is 0.369 e. The average molecular weight is 476 g/mol. The third-order valence-corrected chi connectivity index (χ3v) is 6.92. The van der Waals surface area contributed by atoms with Crippen molar-refractivity contribution in [3.63, 3.8) is 0 Å². The van der Waals surface area contributed by atoms with Crippen LogP contribution in [0.25, 0.3) is 5.69 Å². The van der Waals surface area contributed by atoms with E-state index in [2.05, 4.69) is 26.4 Å². The van der Waals surface area contributed by atoms with Crippen molar-refractivity contribution in [3.8, 4) is 17.5 Å². The third-order valence-electron chi connectivity index (χ3n) is 5.15. The number of hydrogen-bond acceptors (Lipinski definition) is 7. The van der Waals surface area contributed by atoms with Gasteiger partial charge in [0.2, 0.25) is 0 Å². The van der Waals surface area contributed by atoms with Crippen molar-refractivity contribution in [2.24, 2.45) is 5.14 Å². The second-order valence-corrected chi connectivity index (χ2v) is 9.84. The standard InChI is InChI=1S/C20H18ClN5O3S2/c21-18-9-17(2-3-19(18)29-31(23,27)28)30-10-14-6-15(20(11-22)4-1-5-20)8-16(7-14)26-13-24-12-25-26/h2-3,6-9,12-13H,1,4-5,10H2,(H2,23,27,28). The van der Waals surface area contributed by atoms with Crippen molar-refractivity contribution in [2.75, 3.05) is 0 Å². The maximum atomic E-state index is 11.1. The van der Waals surface area contributed by atoms with Gasteiger partial charge < -0.3 is 4.18 Å². The van der Waals surface area contributed by atoms with Gasteiger partial charge in [-0.1, -0.05) is 17.7 Å². The SMILES string of the molecule is N#CC1(c2cc(CSc3ccc(OS(N)(=O)=O)c(Cl)c3)cc(-n3cncn3)c2)CCC1. The molecule has 0 amide bonds. The van der Waals surface area contributed by atoms with Crippen molar-refractivity contribution in [3.05, 3.63) is 65.2 Å². The summed E-state index contributed by atoms with van der Waals surface area (Å²) in [6.07, 6.45) is 5.82. The predicted molar refractivity (Wildman–Crippen MR) is 117 cm³/mol. The predicted octanol–water partition coefficient (Wildman–Crippen LogP) is 3.74. The highest BCUT2D eigenvalue weighted by Gasteiger charge is 2.39. The molecule has 0 atom stereocenters. The molecule has 11 heteroatoms. The number of hydrogen-bond donors (Lipinski definition) is 1. The molecule has 160 valence electrons. The quantitative estimate of drug-likeness (QED) is 0.516. The molecule has 1 heterocycles. The molecule has 0 radical (unpaired) electrons. The van der Waals surface area contributed by atoms with E-state index in [1.54, 1.807) is 23.1 Å². The summed E-state index contributed by atoms with van der Waals surface area (Å²) in [4.78, 5) is 4.85. The van der Waals surface area contributed by atoms with Gasteiger partial charge in [-0.05, 0) is 60.7 Å². The number of thioether (sulfide) groups is 1. The van der Waals surface area contributed by atoms with Gasteiger partial charge in [-0.3, -0.25) is 0 Å². The highest BCUT2D eigenvalue weighted by Crippen LogP contribution is 2.44. The van der Waals surface area contributed by atoms with Crippen LogP contribution in [-0.4, -0.2) is 23.2 Å². The molecule has 0 aliphatic heterocycles. The summed E-state index contributed by atoms with van der Waals surface area (Å²) in [6.45, 7) is 0. The number of aromatic nitrogens is 3. The fraction of sp³-hybridized carbons (Fsp3) is 0.250. The molecule has 1 fully saturated rings. The zero-order valence-electron chi connectivity index (χ0n) is 16.2. The van der Waals surface area contributed by atoms with Gasteiger partial charge in [-0.15, -0.1) is 11.8 Å². The van der Waals surface area contributed by atoms with E-state index >= 15 is 0 Å². The van der Waals surface area contributed by atoms with Crippen LogP contribution in [0.5, 0.6) is 5.75 Å². The van der Waals surface area contributed by atoms with E-state index in [9.17, 15) is 13.7 Å². The van der Waals surface area contributed by atoms with E-state index in [-0.39, 0.29) is 10.8 Å². The van der Waals surface area contributed by atoms with Crippen LogP contribution in [0, 0.1) is 11.3 Å². The number of benzene rings is 2. The number of rotatable bonds is 7. The Hall–Kier alpha value is -2.58. The molecule has 0 spiro atoms. The van der Waals surface area contributed by atoms with Gasteiger partial charge in [-0.2, -0.15) is 23.9 Å². The number of nitrogens with zero attached hydrogens (tertiary/aromatic N) is 4. The fourth-order valence-corrected chi connectivity index (χ4v) is 5.02. The van der Waals surface area contributed by atoms with Gasteiger partial charge in [0.05, 0.1) is 22.2 Å². The van der Waals surface area contributed by atoms with E-state index in [4.69, 9.17) is 16.7 Å². The molecule has 31 heavy (non-hydrogen) atoms. The Kier molecular flexibility index (Phi) is 5.94. The number of halogens is 1. The molecule has 1 aliphatic carbocycles. The molecule has 0 saturated heterocycles. The monoisotopic (exact) mass is 475 g/mol. The highest BCUT2D eigenvalue weighted by atomic mass is 35.5. The average Bonchev–Trinajstić information content (AvgIpc) is 3.22. The molecule has 3 aromatic rings. The van der Waals surface area contributed by atoms with Gasteiger partial charge in [-0.25, -0.2) is 9.67 Å². The van der Waals surface area contributed by atoms with Crippen LogP contribution in [0.15, 0.2) is 53.9 Å². The van der Waals surface area contributed by atoms with Crippen molar-refractivity contribution >= 4 is 33.7 Å². The van der Waals surface area contributed by atoms with Gasteiger partial charge in [0, 0.05) is 10.6 Å². The summed E-state index contributed by atoms with van der Waals surface area (Å²) in [5.41, 5.74) is 2.41. The van der Waals surface area contributed by atoms with Crippen LogP contribution in [0.2, 0.25) is 5.02 Å².